The number of aryl methyl sites for hydroxylation is 2. The highest BCUT2D eigenvalue weighted by Gasteiger charge is 2.01. The predicted molar refractivity (Wildman–Crippen MR) is 61.0 cm³/mol. The third kappa shape index (κ3) is 3.62. The Kier molecular flexibility index (Phi) is 4.16. The van der Waals surface area contributed by atoms with Gasteiger partial charge in [-0.3, -0.25) is 4.79 Å². The molecule has 1 aromatic rings. The molecule has 0 unspecified atom stereocenters. The van der Waals surface area contributed by atoms with Crippen molar-refractivity contribution in [3.05, 3.63) is 29.3 Å². The van der Waals surface area contributed by atoms with E-state index in [2.05, 4.69) is 28.3 Å². The maximum absolute atomic E-state index is 10.9. The quantitative estimate of drug-likeness (QED) is 0.770. The highest BCUT2D eigenvalue weighted by Crippen LogP contribution is 2.15. The van der Waals surface area contributed by atoms with Gasteiger partial charge in [0.2, 0.25) is 0 Å². The summed E-state index contributed by atoms with van der Waals surface area (Å²) in [6.07, 6.45) is 0.393. The number of hydrogen-bond donors (Lipinski definition) is 1. The van der Waals surface area contributed by atoms with Crippen molar-refractivity contribution < 1.29 is 9.53 Å². The molecule has 3 heteroatoms. The molecule has 0 aliphatic rings. The van der Waals surface area contributed by atoms with Crippen LogP contribution in [0.2, 0.25) is 0 Å². The van der Waals surface area contributed by atoms with Gasteiger partial charge in [-0.15, -0.1) is 0 Å². The smallest absolute Gasteiger partial charge is 0.307 e. The summed E-state index contributed by atoms with van der Waals surface area (Å²) in [7, 11) is 1.40. The van der Waals surface area contributed by atoms with E-state index in [1.54, 1.807) is 0 Å². The number of nitrogens with one attached hydrogen (secondary N) is 1. The van der Waals surface area contributed by atoms with Gasteiger partial charge in [0.1, 0.15) is 0 Å². The van der Waals surface area contributed by atoms with Crippen molar-refractivity contribution in [1.29, 1.82) is 0 Å². The molecular weight excluding hydrogens is 190 g/mol. The van der Waals surface area contributed by atoms with Crippen molar-refractivity contribution in [3.63, 3.8) is 0 Å². The summed E-state index contributed by atoms with van der Waals surface area (Å²) in [6, 6.07) is 6.21. The Hall–Kier alpha value is -1.51. The zero-order valence-corrected chi connectivity index (χ0v) is 9.46. The van der Waals surface area contributed by atoms with Gasteiger partial charge in [0.15, 0.2) is 0 Å². The molecule has 0 heterocycles. The van der Waals surface area contributed by atoms with Crippen LogP contribution in [0.3, 0.4) is 0 Å². The Morgan fingerprint density at radius 1 is 1.40 bits per heavy atom. The summed E-state index contributed by atoms with van der Waals surface area (Å²) in [5.74, 6) is -0.187. The fraction of sp³-hybridized carbons (Fsp3) is 0.417. The Morgan fingerprint density at radius 3 is 2.80 bits per heavy atom. The Morgan fingerprint density at radius 2 is 2.13 bits per heavy atom. The molecule has 0 atom stereocenters. The van der Waals surface area contributed by atoms with E-state index in [4.69, 9.17) is 0 Å². The van der Waals surface area contributed by atoms with Crippen LogP contribution in [0.15, 0.2) is 18.2 Å². The van der Waals surface area contributed by atoms with Crippen molar-refractivity contribution in [1.82, 2.24) is 0 Å². The van der Waals surface area contributed by atoms with E-state index in [0.29, 0.717) is 13.0 Å². The highest BCUT2D eigenvalue weighted by molar-refractivity contribution is 5.70. The first kappa shape index (κ1) is 11.6. The SMILES string of the molecule is COC(=O)CCNc1cc(C)ccc1C. The molecule has 0 aromatic heterocycles. The summed E-state index contributed by atoms with van der Waals surface area (Å²) in [6.45, 7) is 4.70. The lowest BCUT2D eigenvalue weighted by Crippen LogP contribution is -2.10. The minimum atomic E-state index is -0.187. The largest absolute Gasteiger partial charge is 0.469 e. The van der Waals surface area contributed by atoms with Gasteiger partial charge in [-0.2, -0.15) is 0 Å². The molecule has 0 spiro atoms. The van der Waals surface area contributed by atoms with Gasteiger partial charge in [0, 0.05) is 12.2 Å². The molecule has 0 aliphatic carbocycles. The van der Waals surface area contributed by atoms with Gasteiger partial charge in [0.05, 0.1) is 13.5 Å². The molecule has 0 fully saturated rings. The monoisotopic (exact) mass is 207 g/mol. The molecule has 15 heavy (non-hydrogen) atoms. The van der Waals surface area contributed by atoms with Crippen molar-refractivity contribution in [2.45, 2.75) is 20.3 Å². The van der Waals surface area contributed by atoms with Gasteiger partial charge in [-0.1, -0.05) is 12.1 Å². The number of esters is 1. The third-order valence-electron chi connectivity index (χ3n) is 2.27. The zero-order valence-electron chi connectivity index (χ0n) is 9.46. The number of carbonyl (C=O) groups excluding carboxylic acids is 1. The number of benzene rings is 1. The van der Waals surface area contributed by atoms with Gasteiger partial charge < -0.3 is 10.1 Å². The van der Waals surface area contributed by atoms with Gasteiger partial charge >= 0.3 is 5.97 Å². The third-order valence-corrected chi connectivity index (χ3v) is 2.27. The zero-order chi connectivity index (χ0) is 11.3. The first-order valence-electron chi connectivity index (χ1n) is 5.01. The molecule has 1 rings (SSSR count). The maximum atomic E-state index is 10.9. The summed E-state index contributed by atoms with van der Waals surface area (Å²) in [5, 5.41) is 3.22. The van der Waals surface area contributed by atoms with E-state index in [0.717, 1.165) is 5.69 Å². The number of anilines is 1. The first-order chi connectivity index (χ1) is 7.13. The topological polar surface area (TPSA) is 38.3 Å². The number of rotatable bonds is 4. The van der Waals surface area contributed by atoms with Crippen LogP contribution in [0, 0.1) is 13.8 Å². The van der Waals surface area contributed by atoms with E-state index < -0.39 is 0 Å². The number of hydrogen-bond acceptors (Lipinski definition) is 3. The number of ether oxygens (including phenoxy) is 1. The van der Waals surface area contributed by atoms with Gasteiger partial charge in [-0.05, 0) is 31.0 Å². The molecular formula is C12H17NO2. The molecule has 0 saturated heterocycles. The molecule has 1 aromatic carbocycles. The van der Waals surface area contributed by atoms with Crippen LogP contribution in [0.4, 0.5) is 5.69 Å². The van der Waals surface area contributed by atoms with E-state index >= 15 is 0 Å². The van der Waals surface area contributed by atoms with Crippen LogP contribution in [0.1, 0.15) is 17.5 Å². The molecule has 0 radical (unpaired) electrons. The second-order valence-corrected chi connectivity index (χ2v) is 3.57. The highest BCUT2D eigenvalue weighted by atomic mass is 16.5. The second-order valence-electron chi connectivity index (χ2n) is 3.57. The Balaban J connectivity index is 2.50. The predicted octanol–water partition coefficient (Wildman–Crippen LogP) is 2.28. The molecule has 0 amide bonds. The van der Waals surface area contributed by atoms with Crippen molar-refractivity contribution >= 4 is 11.7 Å². The van der Waals surface area contributed by atoms with E-state index in [1.807, 2.05) is 13.8 Å². The first-order valence-corrected chi connectivity index (χ1v) is 5.01. The average molecular weight is 207 g/mol. The Labute approximate surface area is 90.4 Å². The minimum Gasteiger partial charge on any atom is -0.469 e. The van der Waals surface area contributed by atoms with Crippen LogP contribution in [0.25, 0.3) is 0 Å². The van der Waals surface area contributed by atoms with Gasteiger partial charge in [0.25, 0.3) is 0 Å². The lowest BCUT2D eigenvalue weighted by atomic mass is 10.1. The van der Waals surface area contributed by atoms with Crippen LogP contribution in [-0.2, 0) is 9.53 Å². The van der Waals surface area contributed by atoms with E-state index in [9.17, 15) is 4.79 Å². The normalized spacial score (nSPS) is 9.80. The fourth-order valence-corrected chi connectivity index (χ4v) is 1.33. The minimum absolute atomic E-state index is 0.187. The van der Waals surface area contributed by atoms with Crippen molar-refractivity contribution in [3.8, 4) is 0 Å². The number of carbonyl (C=O) groups is 1. The molecule has 0 aliphatic heterocycles. The lowest BCUT2D eigenvalue weighted by Gasteiger charge is -2.09. The molecule has 1 N–H and O–H groups in total. The van der Waals surface area contributed by atoms with Crippen molar-refractivity contribution in [2.75, 3.05) is 19.0 Å². The average Bonchev–Trinajstić information content (AvgIpc) is 2.23. The van der Waals surface area contributed by atoms with E-state index in [-0.39, 0.29) is 5.97 Å². The van der Waals surface area contributed by atoms with Crippen LogP contribution in [0.5, 0.6) is 0 Å². The summed E-state index contributed by atoms with van der Waals surface area (Å²) >= 11 is 0. The van der Waals surface area contributed by atoms with Crippen molar-refractivity contribution in [2.24, 2.45) is 0 Å². The molecule has 3 nitrogen and oxygen atoms in total. The summed E-state index contributed by atoms with van der Waals surface area (Å²) in [5.41, 5.74) is 3.48. The fourth-order valence-electron chi connectivity index (χ4n) is 1.33. The molecule has 0 bridgehead atoms. The second kappa shape index (κ2) is 5.39. The van der Waals surface area contributed by atoms with E-state index in [1.165, 1.54) is 18.2 Å². The number of methoxy groups -OCH3 is 1. The summed E-state index contributed by atoms with van der Waals surface area (Å²) < 4.78 is 4.56. The lowest BCUT2D eigenvalue weighted by molar-refractivity contribution is -0.140. The molecule has 82 valence electrons. The summed E-state index contributed by atoms with van der Waals surface area (Å²) in [4.78, 5) is 10.9. The van der Waals surface area contributed by atoms with Crippen LogP contribution in [-0.4, -0.2) is 19.6 Å². The Bertz CT molecular complexity index is 347. The van der Waals surface area contributed by atoms with Crippen LogP contribution < -0.4 is 5.32 Å². The molecule has 0 saturated carbocycles. The van der Waals surface area contributed by atoms with Crippen LogP contribution >= 0.6 is 0 Å². The standard InChI is InChI=1S/C12H17NO2/c1-9-4-5-10(2)11(8-9)13-7-6-12(14)15-3/h4-5,8,13H,6-7H2,1-3H3. The maximum Gasteiger partial charge on any atom is 0.307 e. The van der Waals surface area contributed by atoms with Gasteiger partial charge in [-0.25, -0.2) is 0 Å².